The van der Waals surface area contributed by atoms with Crippen LogP contribution < -0.4 is 5.32 Å². The van der Waals surface area contributed by atoms with E-state index in [1.54, 1.807) is 0 Å². The summed E-state index contributed by atoms with van der Waals surface area (Å²) < 4.78 is 5.32. The van der Waals surface area contributed by atoms with Crippen LogP contribution in [0.2, 0.25) is 0 Å². The van der Waals surface area contributed by atoms with E-state index < -0.39 is 5.97 Å². The topological polar surface area (TPSA) is 58.6 Å². The van der Waals surface area contributed by atoms with E-state index in [1.807, 2.05) is 20.8 Å². The lowest BCUT2D eigenvalue weighted by atomic mass is 9.77. The Morgan fingerprint density at radius 2 is 2.27 bits per heavy atom. The van der Waals surface area contributed by atoms with Crippen molar-refractivity contribution in [3.8, 4) is 0 Å². The molecule has 0 bridgehead atoms. The van der Waals surface area contributed by atoms with Gasteiger partial charge in [-0.15, -0.1) is 0 Å². The predicted molar refractivity (Wildman–Crippen MR) is 57.8 cm³/mol. The number of hydrogen-bond donors (Lipinski definition) is 2. The Morgan fingerprint density at radius 1 is 1.60 bits per heavy atom. The molecule has 1 aliphatic heterocycles. The van der Waals surface area contributed by atoms with Crippen LogP contribution in [0.4, 0.5) is 0 Å². The quantitative estimate of drug-likeness (QED) is 0.740. The second kappa shape index (κ2) is 4.94. The average molecular weight is 215 g/mol. The highest BCUT2D eigenvalue weighted by Crippen LogP contribution is 2.30. The van der Waals surface area contributed by atoms with Gasteiger partial charge in [-0.1, -0.05) is 20.8 Å². The Kier molecular flexibility index (Phi) is 4.11. The molecule has 0 aromatic rings. The zero-order chi connectivity index (χ0) is 11.5. The van der Waals surface area contributed by atoms with Crippen molar-refractivity contribution >= 4 is 5.97 Å². The fourth-order valence-corrected chi connectivity index (χ4v) is 1.88. The van der Waals surface area contributed by atoms with Crippen molar-refractivity contribution in [2.45, 2.75) is 33.2 Å². The van der Waals surface area contributed by atoms with E-state index in [9.17, 15) is 9.90 Å². The zero-order valence-corrected chi connectivity index (χ0v) is 9.75. The van der Waals surface area contributed by atoms with E-state index in [4.69, 9.17) is 4.74 Å². The Morgan fingerprint density at radius 3 is 2.67 bits per heavy atom. The molecule has 1 heterocycles. The van der Waals surface area contributed by atoms with Crippen LogP contribution in [-0.4, -0.2) is 36.9 Å². The summed E-state index contributed by atoms with van der Waals surface area (Å²) >= 11 is 0. The molecule has 0 aromatic heterocycles. The fourth-order valence-electron chi connectivity index (χ4n) is 1.88. The molecule has 0 saturated carbocycles. The van der Waals surface area contributed by atoms with Crippen molar-refractivity contribution in [2.24, 2.45) is 11.3 Å². The first-order chi connectivity index (χ1) is 6.91. The van der Waals surface area contributed by atoms with Gasteiger partial charge in [0.15, 0.2) is 0 Å². The van der Waals surface area contributed by atoms with Gasteiger partial charge in [0.05, 0.1) is 19.1 Å². The maximum Gasteiger partial charge on any atom is 0.307 e. The number of carboxylic acid groups (broad SMARTS) is 1. The van der Waals surface area contributed by atoms with Crippen molar-refractivity contribution < 1.29 is 14.6 Å². The monoisotopic (exact) mass is 215 g/mol. The van der Waals surface area contributed by atoms with Crippen LogP contribution in [-0.2, 0) is 9.53 Å². The van der Waals surface area contributed by atoms with Crippen molar-refractivity contribution in [1.82, 2.24) is 5.32 Å². The van der Waals surface area contributed by atoms with Crippen molar-refractivity contribution in [3.63, 3.8) is 0 Å². The molecule has 1 aliphatic rings. The van der Waals surface area contributed by atoms with Crippen LogP contribution in [0, 0.1) is 11.3 Å². The molecule has 0 aromatic carbocycles. The minimum Gasteiger partial charge on any atom is -0.481 e. The predicted octanol–water partition coefficient (Wildman–Crippen LogP) is 1.11. The van der Waals surface area contributed by atoms with Crippen LogP contribution >= 0.6 is 0 Å². The summed E-state index contributed by atoms with van der Waals surface area (Å²) in [6.07, 6.45) is 0.638. The molecule has 0 radical (unpaired) electrons. The number of aliphatic carboxylic acids is 1. The summed E-state index contributed by atoms with van der Waals surface area (Å²) in [4.78, 5) is 11.2. The number of carboxylic acids is 1. The van der Waals surface area contributed by atoms with Crippen molar-refractivity contribution in [3.05, 3.63) is 0 Å². The molecule has 4 heteroatoms. The first kappa shape index (κ1) is 12.5. The van der Waals surface area contributed by atoms with E-state index >= 15 is 0 Å². The maximum atomic E-state index is 11.2. The standard InChI is InChI=1S/C11H21NO3/c1-11(2,3)9(10(13)14)6-8-7-15-5-4-12-8/h8-9,12H,4-7H2,1-3H3,(H,13,14). The van der Waals surface area contributed by atoms with Crippen LogP contribution in [0.5, 0.6) is 0 Å². The molecular weight excluding hydrogens is 194 g/mol. The largest absolute Gasteiger partial charge is 0.481 e. The third-order valence-corrected chi connectivity index (χ3v) is 2.86. The second-order valence-corrected chi connectivity index (χ2v) is 5.22. The molecule has 0 amide bonds. The molecule has 4 nitrogen and oxygen atoms in total. The third-order valence-electron chi connectivity index (χ3n) is 2.86. The molecule has 1 rings (SSSR count). The minimum atomic E-state index is -0.713. The maximum absolute atomic E-state index is 11.2. The summed E-state index contributed by atoms with van der Waals surface area (Å²) in [7, 11) is 0. The van der Waals surface area contributed by atoms with Gasteiger partial charge in [-0.2, -0.15) is 0 Å². The van der Waals surface area contributed by atoms with Gasteiger partial charge in [-0.05, 0) is 11.8 Å². The first-order valence-corrected chi connectivity index (χ1v) is 5.45. The highest BCUT2D eigenvalue weighted by atomic mass is 16.5. The zero-order valence-electron chi connectivity index (χ0n) is 9.75. The minimum absolute atomic E-state index is 0.180. The van der Waals surface area contributed by atoms with Gasteiger partial charge in [-0.25, -0.2) is 0 Å². The van der Waals surface area contributed by atoms with E-state index in [1.165, 1.54) is 0 Å². The number of hydrogen-bond acceptors (Lipinski definition) is 3. The lowest BCUT2D eigenvalue weighted by Crippen LogP contribution is -2.45. The summed E-state index contributed by atoms with van der Waals surface area (Å²) in [5, 5.41) is 12.5. The van der Waals surface area contributed by atoms with Gasteiger partial charge >= 0.3 is 5.97 Å². The molecule has 0 spiro atoms. The van der Waals surface area contributed by atoms with Crippen LogP contribution in [0.15, 0.2) is 0 Å². The van der Waals surface area contributed by atoms with E-state index in [0.717, 1.165) is 13.2 Å². The molecule has 2 unspecified atom stereocenters. The van der Waals surface area contributed by atoms with Crippen LogP contribution in [0.3, 0.4) is 0 Å². The Balaban J connectivity index is 2.54. The number of morpholine rings is 1. The van der Waals surface area contributed by atoms with Crippen molar-refractivity contribution in [1.29, 1.82) is 0 Å². The number of rotatable bonds is 3. The van der Waals surface area contributed by atoms with Crippen LogP contribution in [0.25, 0.3) is 0 Å². The highest BCUT2D eigenvalue weighted by molar-refractivity contribution is 5.70. The number of nitrogens with one attached hydrogen (secondary N) is 1. The lowest BCUT2D eigenvalue weighted by molar-refractivity contribution is -0.146. The van der Waals surface area contributed by atoms with Crippen molar-refractivity contribution in [2.75, 3.05) is 19.8 Å². The molecule has 2 N–H and O–H groups in total. The van der Waals surface area contributed by atoms with E-state index in [0.29, 0.717) is 13.0 Å². The molecule has 15 heavy (non-hydrogen) atoms. The second-order valence-electron chi connectivity index (χ2n) is 5.22. The Labute approximate surface area is 91.0 Å². The Hall–Kier alpha value is -0.610. The van der Waals surface area contributed by atoms with Gasteiger partial charge in [0.25, 0.3) is 0 Å². The smallest absolute Gasteiger partial charge is 0.307 e. The third kappa shape index (κ3) is 3.80. The van der Waals surface area contributed by atoms with Gasteiger partial charge < -0.3 is 15.2 Å². The highest BCUT2D eigenvalue weighted by Gasteiger charge is 2.33. The summed E-state index contributed by atoms with van der Waals surface area (Å²) in [5.41, 5.74) is -0.203. The summed E-state index contributed by atoms with van der Waals surface area (Å²) in [5.74, 6) is -1.04. The summed E-state index contributed by atoms with van der Waals surface area (Å²) in [6.45, 7) is 8.07. The molecule has 0 aliphatic carbocycles. The average Bonchev–Trinajstić information content (AvgIpc) is 2.13. The van der Waals surface area contributed by atoms with E-state index in [-0.39, 0.29) is 17.4 Å². The lowest BCUT2D eigenvalue weighted by Gasteiger charge is -2.32. The first-order valence-electron chi connectivity index (χ1n) is 5.45. The van der Waals surface area contributed by atoms with E-state index in [2.05, 4.69) is 5.32 Å². The van der Waals surface area contributed by atoms with Gasteiger partial charge in [-0.3, -0.25) is 4.79 Å². The normalized spacial score (nSPS) is 24.9. The SMILES string of the molecule is CC(C)(C)C(CC1COCCN1)C(=O)O. The fraction of sp³-hybridized carbons (Fsp3) is 0.909. The van der Waals surface area contributed by atoms with Crippen LogP contribution in [0.1, 0.15) is 27.2 Å². The molecule has 1 saturated heterocycles. The molecular formula is C11H21NO3. The summed E-state index contributed by atoms with van der Waals surface area (Å²) in [6, 6.07) is 0.180. The Bertz CT molecular complexity index is 216. The van der Waals surface area contributed by atoms with Gasteiger partial charge in [0, 0.05) is 12.6 Å². The number of ether oxygens (including phenoxy) is 1. The van der Waals surface area contributed by atoms with Gasteiger partial charge in [0.1, 0.15) is 0 Å². The number of carbonyl (C=O) groups is 1. The van der Waals surface area contributed by atoms with Gasteiger partial charge in [0.2, 0.25) is 0 Å². The molecule has 2 atom stereocenters. The molecule has 1 fully saturated rings. The molecule has 88 valence electrons.